The van der Waals surface area contributed by atoms with Gasteiger partial charge >= 0.3 is 0 Å². The predicted octanol–water partition coefficient (Wildman–Crippen LogP) is 9.31. The molecule has 0 aliphatic rings. The Morgan fingerprint density at radius 2 is 1.15 bits per heavy atom. The standard InChI is InChI=1S/C30H18N2S2/c31-24-12-22-16-6-1-3-10-26(16)33-28(22)14-20(24)18-8-5-9-19-21-15-29-23(13-25(21)32-30(18)19)17-7-2-4-11-27(17)34-29/h1-15,32H,31H2. The first-order valence-electron chi connectivity index (χ1n) is 11.3. The summed E-state index contributed by atoms with van der Waals surface area (Å²) in [5.41, 5.74) is 12.0. The van der Waals surface area contributed by atoms with Gasteiger partial charge in [-0.2, -0.15) is 0 Å². The van der Waals surface area contributed by atoms with Crippen LogP contribution in [0.2, 0.25) is 0 Å². The van der Waals surface area contributed by atoms with Crippen LogP contribution in [0.25, 0.3) is 73.3 Å². The highest BCUT2D eigenvalue weighted by Gasteiger charge is 2.16. The van der Waals surface area contributed by atoms with Crippen LogP contribution in [0.3, 0.4) is 0 Å². The van der Waals surface area contributed by atoms with Gasteiger partial charge in [0, 0.05) is 73.4 Å². The predicted molar refractivity (Wildman–Crippen MR) is 151 cm³/mol. The van der Waals surface area contributed by atoms with Gasteiger partial charge in [-0.15, -0.1) is 22.7 Å². The Balaban J connectivity index is 1.42. The lowest BCUT2D eigenvalue weighted by molar-refractivity contribution is 1.55. The van der Waals surface area contributed by atoms with Gasteiger partial charge < -0.3 is 10.7 Å². The first-order chi connectivity index (χ1) is 16.7. The molecule has 0 fully saturated rings. The minimum Gasteiger partial charge on any atom is -0.398 e. The van der Waals surface area contributed by atoms with Crippen molar-refractivity contribution in [2.24, 2.45) is 0 Å². The number of rotatable bonds is 1. The van der Waals surface area contributed by atoms with Crippen molar-refractivity contribution in [2.45, 2.75) is 0 Å². The number of para-hydroxylation sites is 1. The van der Waals surface area contributed by atoms with Crippen molar-refractivity contribution in [3.8, 4) is 11.1 Å². The lowest BCUT2D eigenvalue weighted by Gasteiger charge is -2.08. The quantitative estimate of drug-likeness (QED) is 0.231. The average Bonchev–Trinajstić information content (AvgIpc) is 3.52. The molecule has 0 bridgehead atoms. The number of aromatic amines is 1. The minimum absolute atomic E-state index is 0.814. The molecule has 0 saturated heterocycles. The van der Waals surface area contributed by atoms with Gasteiger partial charge in [-0.05, 0) is 36.4 Å². The normalized spacial score (nSPS) is 12.2. The van der Waals surface area contributed by atoms with E-state index >= 15 is 0 Å². The molecule has 2 nitrogen and oxygen atoms in total. The molecule has 0 radical (unpaired) electrons. The Bertz CT molecular complexity index is 2090. The van der Waals surface area contributed by atoms with Crippen molar-refractivity contribution in [2.75, 3.05) is 5.73 Å². The summed E-state index contributed by atoms with van der Waals surface area (Å²) < 4.78 is 5.22. The van der Waals surface area contributed by atoms with E-state index in [0.29, 0.717) is 0 Å². The maximum Gasteiger partial charge on any atom is 0.0545 e. The largest absolute Gasteiger partial charge is 0.398 e. The fraction of sp³-hybridized carbons (Fsp3) is 0. The van der Waals surface area contributed by atoms with Crippen molar-refractivity contribution in [1.29, 1.82) is 0 Å². The summed E-state index contributed by atoms with van der Waals surface area (Å²) in [7, 11) is 0. The number of hydrogen-bond acceptors (Lipinski definition) is 3. The van der Waals surface area contributed by atoms with Crippen LogP contribution < -0.4 is 5.73 Å². The second-order valence-corrected chi connectivity index (χ2v) is 11.0. The van der Waals surface area contributed by atoms with Crippen LogP contribution in [0, 0.1) is 0 Å². The molecule has 0 aliphatic heterocycles. The number of hydrogen-bond donors (Lipinski definition) is 2. The average molecular weight is 471 g/mol. The Labute approximate surface area is 202 Å². The molecule has 8 rings (SSSR count). The van der Waals surface area contributed by atoms with Crippen LogP contribution in [-0.2, 0) is 0 Å². The third-order valence-electron chi connectivity index (χ3n) is 6.97. The Morgan fingerprint density at radius 1 is 0.500 bits per heavy atom. The zero-order valence-electron chi connectivity index (χ0n) is 18.1. The maximum absolute atomic E-state index is 6.67. The van der Waals surface area contributed by atoms with E-state index in [1.165, 1.54) is 56.6 Å². The van der Waals surface area contributed by atoms with Gasteiger partial charge in [0.05, 0.1) is 5.52 Å². The summed E-state index contributed by atoms with van der Waals surface area (Å²) in [5, 5.41) is 7.64. The summed E-state index contributed by atoms with van der Waals surface area (Å²) in [6.07, 6.45) is 0. The molecule has 0 amide bonds. The number of thiophene rings is 2. The van der Waals surface area contributed by atoms with Gasteiger partial charge in [-0.1, -0.05) is 54.6 Å². The van der Waals surface area contributed by atoms with Gasteiger partial charge in [0.25, 0.3) is 0 Å². The topological polar surface area (TPSA) is 41.8 Å². The highest BCUT2D eigenvalue weighted by Crippen LogP contribution is 2.43. The Morgan fingerprint density at radius 3 is 1.91 bits per heavy atom. The van der Waals surface area contributed by atoms with Gasteiger partial charge in [0.1, 0.15) is 0 Å². The summed E-state index contributed by atoms with van der Waals surface area (Å²) in [6, 6.07) is 32.8. The summed E-state index contributed by atoms with van der Waals surface area (Å²) in [4.78, 5) is 3.75. The molecule has 34 heavy (non-hydrogen) atoms. The van der Waals surface area contributed by atoms with Gasteiger partial charge in [0.2, 0.25) is 0 Å². The van der Waals surface area contributed by atoms with Crippen molar-refractivity contribution in [3.63, 3.8) is 0 Å². The minimum atomic E-state index is 0.814. The lowest BCUT2D eigenvalue weighted by atomic mass is 9.99. The number of H-pyrrole nitrogens is 1. The SMILES string of the molecule is Nc1cc2c(cc1-c1cccc3c1[nH]c1cc4c(cc13)sc1ccccc14)sc1ccccc12. The number of benzene rings is 5. The van der Waals surface area contributed by atoms with E-state index in [2.05, 4.69) is 96.0 Å². The summed E-state index contributed by atoms with van der Waals surface area (Å²) in [5.74, 6) is 0. The van der Waals surface area contributed by atoms with E-state index in [0.717, 1.165) is 22.3 Å². The lowest BCUT2D eigenvalue weighted by Crippen LogP contribution is -1.90. The van der Waals surface area contributed by atoms with E-state index < -0.39 is 0 Å². The van der Waals surface area contributed by atoms with Crippen LogP contribution >= 0.6 is 22.7 Å². The van der Waals surface area contributed by atoms with E-state index in [1.807, 2.05) is 22.7 Å². The van der Waals surface area contributed by atoms with Crippen LogP contribution in [0.15, 0.2) is 91.0 Å². The number of nitrogens with one attached hydrogen (secondary N) is 1. The molecule has 160 valence electrons. The van der Waals surface area contributed by atoms with Crippen LogP contribution in [0.5, 0.6) is 0 Å². The molecule has 4 heteroatoms. The van der Waals surface area contributed by atoms with Crippen LogP contribution in [0.1, 0.15) is 0 Å². The molecule has 3 heterocycles. The van der Waals surface area contributed by atoms with Gasteiger partial charge in [-0.25, -0.2) is 0 Å². The molecule has 3 aromatic heterocycles. The van der Waals surface area contributed by atoms with Crippen LogP contribution in [0.4, 0.5) is 5.69 Å². The third-order valence-corrected chi connectivity index (χ3v) is 9.24. The number of aromatic nitrogens is 1. The number of nitrogen functional groups attached to an aromatic ring is 1. The van der Waals surface area contributed by atoms with Crippen molar-refractivity contribution in [3.05, 3.63) is 91.0 Å². The summed E-state index contributed by atoms with van der Waals surface area (Å²) >= 11 is 3.69. The third kappa shape index (κ3) is 2.44. The molecule has 8 aromatic rings. The summed E-state index contributed by atoms with van der Waals surface area (Å²) in [6.45, 7) is 0. The first kappa shape index (κ1) is 18.6. The van der Waals surface area contributed by atoms with Crippen molar-refractivity contribution < 1.29 is 0 Å². The van der Waals surface area contributed by atoms with Crippen molar-refractivity contribution >= 4 is 90.5 Å². The molecule has 0 aliphatic carbocycles. The Kier molecular flexibility index (Phi) is 3.60. The zero-order chi connectivity index (χ0) is 22.4. The van der Waals surface area contributed by atoms with E-state index in [4.69, 9.17) is 5.73 Å². The molecule has 3 N–H and O–H groups in total. The van der Waals surface area contributed by atoms with E-state index in [-0.39, 0.29) is 0 Å². The van der Waals surface area contributed by atoms with Crippen molar-refractivity contribution in [1.82, 2.24) is 4.98 Å². The second kappa shape index (κ2) is 6.60. The fourth-order valence-corrected chi connectivity index (χ4v) is 7.64. The number of anilines is 1. The molecular weight excluding hydrogens is 452 g/mol. The molecule has 0 atom stereocenters. The fourth-order valence-electron chi connectivity index (χ4n) is 5.39. The smallest absolute Gasteiger partial charge is 0.0545 e. The number of fused-ring (bicyclic) bond motifs is 9. The molecule has 0 spiro atoms. The van der Waals surface area contributed by atoms with E-state index in [9.17, 15) is 0 Å². The molecular formula is C30H18N2S2. The maximum atomic E-state index is 6.67. The van der Waals surface area contributed by atoms with Crippen LogP contribution in [-0.4, -0.2) is 4.98 Å². The highest BCUT2D eigenvalue weighted by molar-refractivity contribution is 7.26. The first-order valence-corrected chi connectivity index (χ1v) is 12.9. The molecule has 0 saturated carbocycles. The second-order valence-electron chi connectivity index (χ2n) is 8.88. The zero-order valence-corrected chi connectivity index (χ0v) is 19.7. The monoisotopic (exact) mass is 470 g/mol. The van der Waals surface area contributed by atoms with E-state index in [1.54, 1.807) is 0 Å². The molecule has 0 unspecified atom stereocenters. The molecule has 5 aromatic carbocycles. The van der Waals surface area contributed by atoms with Gasteiger partial charge in [0.15, 0.2) is 0 Å². The Hall–Kier alpha value is -3.86. The number of nitrogens with two attached hydrogens (primary N) is 1. The van der Waals surface area contributed by atoms with Gasteiger partial charge in [-0.3, -0.25) is 0 Å². The highest BCUT2D eigenvalue weighted by atomic mass is 32.1.